The molecule has 1 N–H and O–H groups in total. The molecule has 0 spiro atoms. The van der Waals surface area contributed by atoms with Crippen LogP contribution in [0.2, 0.25) is 0 Å². The number of aromatic nitrogens is 2. The van der Waals surface area contributed by atoms with Gasteiger partial charge < -0.3 is 5.32 Å². The summed E-state index contributed by atoms with van der Waals surface area (Å²) in [6, 6.07) is 0.351. The Morgan fingerprint density at radius 2 is 2.00 bits per heavy atom. The summed E-state index contributed by atoms with van der Waals surface area (Å²) in [7, 11) is 1.97. The molecule has 1 aromatic heterocycles. The second kappa shape index (κ2) is 5.03. The summed E-state index contributed by atoms with van der Waals surface area (Å²) in [6.07, 6.45) is 2.15. The molecular weight excluding hydrogens is 206 g/mol. The van der Waals surface area contributed by atoms with Crippen LogP contribution in [0.3, 0.4) is 0 Å². The largest absolute Gasteiger partial charge is 0.311 e. The summed E-state index contributed by atoms with van der Waals surface area (Å²) in [5.74, 6) is 0. The molecule has 0 aliphatic rings. The Bertz CT molecular complexity index is 303. The molecule has 1 heterocycles. The minimum Gasteiger partial charge on any atom is -0.311 e. The van der Waals surface area contributed by atoms with Crippen molar-refractivity contribution in [1.29, 1.82) is 0 Å². The van der Waals surface area contributed by atoms with E-state index in [4.69, 9.17) is 0 Å². The predicted octanol–water partition coefficient (Wildman–Crippen LogP) is 2.90. The fourth-order valence-electron chi connectivity index (χ4n) is 1.30. The fourth-order valence-corrected chi connectivity index (χ4v) is 2.51. The Kier molecular flexibility index (Phi) is 4.22. The van der Waals surface area contributed by atoms with Gasteiger partial charge in [0.15, 0.2) is 0 Å². The van der Waals surface area contributed by atoms with Crippen molar-refractivity contribution in [2.24, 2.45) is 0 Å². The highest BCUT2D eigenvalue weighted by atomic mass is 32.1. The highest BCUT2D eigenvalue weighted by molar-refractivity contribution is 7.11. The normalized spacial score (nSPS) is 14.2. The third-order valence-corrected chi connectivity index (χ3v) is 4.36. The minimum atomic E-state index is 0.155. The maximum absolute atomic E-state index is 4.30. The molecule has 1 atom stereocenters. The summed E-state index contributed by atoms with van der Waals surface area (Å²) in [6.45, 7) is 8.79. The van der Waals surface area contributed by atoms with E-state index in [-0.39, 0.29) is 5.41 Å². The highest BCUT2D eigenvalue weighted by Gasteiger charge is 2.24. The van der Waals surface area contributed by atoms with Gasteiger partial charge in [0, 0.05) is 5.41 Å². The number of nitrogens with one attached hydrogen (secondary N) is 1. The molecule has 0 aliphatic heterocycles. The van der Waals surface area contributed by atoms with Gasteiger partial charge >= 0.3 is 0 Å². The van der Waals surface area contributed by atoms with Crippen LogP contribution in [0, 0.1) is 0 Å². The predicted molar refractivity (Wildman–Crippen MR) is 65.3 cm³/mol. The van der Waals surface area contributed by atoms with E-state index in [1.165, 1.54) is 0 Å². The number of rotatable bonds is 5. The highest BCUT2D eigenvalue weighted by Crippen LogP contribution is 2.31. The molecule has 0 aliphatic carbocycles. The van der Waals surface area contributed by atoms with E-state index in [1.54, 1.807) is 11.3 Å². The smallest absolute Gasteiger partial charge is 0.134 e. The van der Waals surface area contributed by atoms with E-state index in [0.29, 0.717) is 6.04 Å². The fraction of sp³-hybridized carbons (Fsp3) is 0.818. The number of hydrogen-bond donors (Lipinski definition) is 1. The first-order valence-corrected chi connectivity index (χ1v) is 6.38. The lowest BCUT2D eigenvalue weighted by molar-refractivity contribution is 0.497. The summed E-state index contributed by atoms with van der Waals surface area (Å²) in [5, 5.41) is 14.1. The van der Waals surface area contributed by atoms with Gasteiger partial charge in [0.2, 0.25) is 0 Å². The topological polar surface area (TPSA) is 37.8 Å². The van der Waals surface area contributed by atoms with E-state index < -0.39 is 0 Å². The average Bonchev–Trinajstić information content (AvgIpc) is 2.70. The van der Waals surface area contributed by atoms with Gasteiger partial charge in [-0.3, -0.25) is 0 Å². The van der Waals surface area contributed by atoms with Crippen LogP contribution >= 0.6 is 11.3 Å². The van der Waals surface area contributed by atoms with Gasteiger partial charge in [-0.1, -0.05) is 39.0 Å². The van der Waals surface area contributed by atoms with Gasteiger partial charge in [-0.25, -0.2) is 0 Å². The molecule has 1 rings (SSSR count). The Balaban J connectivity index is 2.89. The first-order chi connectivity index (χ1) is 7.05. The molecule has 4 heteroatoms. The van der Waals surface area contributed by atoms with Gasteiger partial charge in [-0.15, -0.1) is 10.2 Å². The molecule has 15 heavy (non-hydrogen) atoms. The molecule has 0 aromatic carbocycles. The van der Waals surface area contributed by atoms with Gasteiger partial charge in [0.25, 0.3) is 0 Å². The SMILES string of the molecule is CCC(NC)c1nnc(C(C)(C)CC)s1. The Morgan fingerprint density at radius 1 is 1.33 bits per heavy atom. The molecule has 0 fully saturated rings. The summed E-state index contributed by atoms with van der Waals surface area (Å²) in [4.78, 5) is 0. The Labute approximate surface area is 96.3 Å². The zero-order valence-electron chi connectivity index (χ0n) is 10.3. The first-order valence-electron chi connectivity index (χ1n) is 5.56. The minimum absolute atomic E-state index is 0.155. The zero-order chi connectivity index (χ0) is 11.5. The van der Waals surface area contributed by atoms with Crippen molar-refractivity contribution in [1.82, 2.24) is 15.5 Å². The zero-order valence-corrected chi connectivity index (χ0v) is 11.1. The van der Waals surface area contributed by atoms with Crippen LogP contribution in [-0.2, 0) is 5.41 Å². The molecule has 0 saturated heterocycles. The van der Waals surface area contributed by atoms with Crippen molar-refractivity contribution in [3.63, 3.8) is 0 Å². The van der Waals surface area contributed by atoms with E-state index in [1.807, 2.05) is 7.05 Å². The van der Waals surface area contributed by atoms with Crippen LogP contribution in [-0.4, -0.2) is 17.2 Å². The van der Waals surface area contributed by atoms with Crippen LogP contribution in [0.15, 0.2) is 0 Å². The standard InChI is InChI=1S/C11H21N3S/c1-6-8(12-5)9-13-14-10(15-9)11(3,4)7-2/h8,12H,6-7H2,1-5H3. The quantitative estimate of drug-likeness (QED) is 0.840. The molecule has 0 amide bonds. The third kappa shape index (κ3) is 2.75. The van der Waals surface area contributed by atoms with Crippen molar-refractivity contribution < 1.29 is 0 Å². The maximum Gasteiger partial charge on any atom is 0.134 e. The lowest BCUT2D eigenvalue weighted by atomic mass is 9.91. The van der Waals surface area contributed by atoms with Gasteiger partial charge in [0.1, 0.15) is 10.0 Å². The van der Waals surface area contributed by atoms with Crippen molar-refractivity contribution in [2.45, 2.75) is 52.0 Å². The molecule has 0 bridgehead atoms. The van der Waals surface area contributed by atoms with Crippen LogP contribution < -0.4 is 5.32 Å². The van der Waals surface area contributed by atoms with E-state index >= 15 is 0 Å². The van der Waals surface area contributed by atoms with Crippen LogP contribution in [0.1, 0.15) is 56.6 Å². The Morgan fingerprint density at radius 3 is 2.47 bits per heavy atom. The lowest BCUT2D eigenvalue weighted by Gasteiger charge is -2.18. The molecular formula is C11H21N3S. The van der Waals surface area contributed by atoms with Gasteiger partial charge in [-0.05, 0) is 19.9 Å². The second-order valence-corrected chi connectivity index (χ2v) is 5.44. The van der Waals surface area contributed by atoms with Crippen LogP contribution in [0.5, 0.6) is 0 Å². The summed E-state index contributed by atoms with van der Waals surface area (Å²) < 4.78 is 0. The molecule has 86 valence electrons. The molecule has 1 aromatic rings. The lowest BCUT2D eigenvalue weighted by Crippen LogP contribution is -2.15. The van der Waals surface area contributed by atoms with E-state index in [0.717, 1.165) is 22.9 Å². The van der Waals surface area contributed by atoms with Crippen molar-refractivity contribution in [3.05, 3.63) is 10.0 Å². The van der Waals surface area contributed by atoms with Crippen LogP contribution in [0.4, 0.5) is 0 Å². The molecule has 1 unspecified atom stereocenters. The first kappa shape index (κ1) is 12.6. The van der Waals surface area contributed by atoms with Gasteiger partial charge in [-0.2, -0.15) is 0 Å². The summed E-state index contributed by atoms with van der Waals surface area (Å²) in [5.41, 5.74) is 0.155. The molecule has 3 nitrogen and oxygen atoms in total. The maximum atomic E-state index is 4.30. The molecule has 0 saturated carbocycles. The van der Waals surface area contributed by atoms with Gasteiger partial charge in [0.05, 0.1) is 6.04 Å². The monoisotopic (exact) mass is 227 g/mol. The second-order valence-electron chi connectivity index (χ2n) is 4.43. The number of hydrogen-bond acceptors (Lipinski definition) is 4. The number of nitrogens with zero attached hydrogens (tertiary/aromatic N) is 2. The Hall–Kier alpha value is -0.480. The average molecular weight is 227 g/mol. The van der Waals surface area contributed by atoms with Crippen LogP contribution in [0.25, 0.3) is 0 Å². The van der Waals surface area contributed by atoms with Crippen molar-refractivity contribution in [2.75, 3.05) is 7.05 Å². The van der Waals surface area contributed by atoms with E-state index in [9.17, 15) is 0 Å². The van der Waals surface area contributed by atoms with E-state index in [2.05, 4.69) is 43.2 Å². The van der Waals surface area contributed by atoms with Crippen molar-refractivity contribution in [3.8, 4) is 0 Å². The molecule has 0 radical (unpaired) electrons. The van der Waals surface area contributed by atoms with Crippen molar-refractivity contribution >= 4 is 11.3 Å². The third-order valence-electron chi connectivity index (χ3n) is 2.96. The summed E-state index contributed by atoms with van der Waals surface area (Å²) >= 11 is 1.74.